The van der Waals surface area contributed by atoms with Crippen LogP contribution in [0.5, 0.6) is 0 Å². The van der Waals surface area contributed by atoms with E-state index in [0.717, 1.165) is 4.90 Å². The van der Waals surface area contributed by atoms with Crippen LogP contribution in [0.1, 0.15) is 20.5 Å². The maximum absolute atomic E-state index is 12.5. The van der Waals surface area contributed by atoms with Crippen LogP contribution in [-0.2, 0) is 36.1 Å². The van der Waals surface area contributed by atoms with Crippen molar-refractivity contribution in [2.45, 2.75) is 32.0 Å². The van der Waals surface area contributed by atoms with Gasteiger partial charge in [0.25, 0.3) is 11.8 Å². The van der Waals surface area contributed by atoms with Crippen molar-refractivity contribution in [1.82, 2.24) is 14.7 Å². The zero-order valence-corrected chi connectivity index (χ0v) is 17.5. The summed E-state index contributed by atoms with van der Waals surface area (Å²) in [7, 11) is -4.65. The molecule has 3 heterocycles. The number of fused-ring (bicyclic) bond motifs is 1. The Morgan fingerprint density at radius 1 is 1.52 bits per heavy atom. The smallest absolute Gasteiger partial charge is 1.00 e. The van der Waals surface area contributed by atoms with Crippen LogP contribution < -0.4 is 35.0 Å². The van der Waals surface area contributed by atoms with E-state index in [2.05, 4.69) is 5.48 Å². The maximum atomic E-state index is 12.5. The maximum Gasteiger partial charge on any atom is 1.00 e. The van der Waals surface area contributed by atoms with Gasteiger partial charge in [0.1, 0.15) is 24.3 Å². The molecule has 3 rings (SSSR count). The molecule has 27 heavy (non-hydrogen) atoms. The molecule has 0 spiro atoms. The van der Waals surface area contributed by atoms with Crippen LogP contribution in [0, 0.1) is 5.92 Å². The molecule has 2 saturated heterocycles. The molecule has 1 aromatic rings. The van der Waals surface area contributed by atoms with Crippen molar-refractivity contribution in [3.05, 3.63) is 24.2 Å². The van der Waals surface area contributed by atoms with Gasteiger partial charge in [-0.3, -0.25) is 23.8 Å². The molecule has 11 nitrogen and oxygen atoms in total. The van der Waals surface area contributed by atoms with E-state index < -0.39 is 46.0 Å². The number of carbonyl (C=O) groups is 3. The summed E-state index contributed by atoms with van der Waals surface area (Å²) >= 11 is 0. The largest absolute Gasteiger partial charge is 1.00 e. The van der Waals surface area contributed by atoms with E-state index in [-0.39, 0.29) is 50.6 Å². The molecular formula is C14H18N3NaO8S. The normalized spacial score (nSPS) is 22.5. The number of β-lactam (4-membered cyclic amide) rings is 1. The molecule has 2 N–H and O–H groups in total. The van der Waals surface area contributed by atoms with Crippen LogP contribution in [0.15, 0.2) is 22.8 Å². The number of hydroxylamine groups is 1. The van der Waals surface area contributed by atoms with Gasteiger partial charge in [0, 0.05) is 6.54 Å². The first-order valence-electron chi connectivity index (χ1n) is 7.77. The molecule has 1 aromatic heterocycles. The number of amides is 3. The number of hydrogen-bond acceptors (Lipinski definition) is 7. The fourth-order valence-electron chi connectivity index (χ4n) is 3.09. The van der Waals surface area contributed by atoms with Gasteiger partial charge in [0.15, 0.2) is 0 Å². The minimum Gasteiger partial charge on any atom is -1.00 e. The first kappa shape index (κ1) is 21.9. The molecular weight excluding hydrogens is 393 g/mol. The summed E-state index contributed by atoms with van der Waals surface area (Å²) in [5.74, 6) is -2.87. The molecule has 2 aliphatic rings. The summed E-state index contributed by atoms with van der Waals surface area (Å²) in [6.07, 6.45) is 1.65. The summed E-state index contributed by atoms with van der Waals surface area (Å²) in [4.78, 5) is 42.6. The minimum absolute atomic E-state index is 0. The molecule has 1 unspecified atom stereocenters. The van der Waals surface area contributed by atoms with Gasteiger partial charge in [0.05, 0.1) is 12.3 Å². The number of hydrogen-bond donors (Lipinski definition) is 2. The van der Waals surface area contributed by atoms with Gasteiger partial charge in [-0.15, -0.1) is 0 Å². The van der Waals surface area contributed by atoms with Gasteiger partial charge >= 0.3 is 39.9 Å². The van der Waals surface area contributed by atoms with Gasteiger partial charge in [-0.05, 0) is 25.5 Å². The zero-order chi connectivity index (χ0) is 19.1. The van der Waals surface area contributed by atoms with Crippen molar-refractivity contribution in [1.29, 1.82) is 0 Å². The third kappa shape index (κ3) is 4.20. The topological polar surface area (TPSA) is 146 Å². The molecule has 3 amide bonds. The molecule has 0 radical (unpaired) electrons. The SMILES string of the molecule is CC(C(=O)NOCc1ccco1)C(=O)N1CC[C@@H]2[C@H]1C(=O)N2S(=O)(=O)O.[H-].[Na+]. The number of likely N-dealkylation sites (tertiary alicyclic amines) is 1. The fraction of sp³-hybridized carbons (Fsp3) is 0.500. The van der Waals surface area contributed by atoms with Crippen molar-refractivity contribution in [2.24, 2.45) is 5.92 Å². The standard InChI is InChI=1S/C14H17N3O8S.Na.H/c1-8(12(18)15-25-7-9-3-2-6-24-9)13(19)16-5-4-10-11(16)14(20)17(10)26(21,22)23;;/h2-3,6,8,10-11H,4-5,7H2,1H3,(H,15,18)(H,21,22,23);;/q;+1;-1/t8?,10-,11+;;/m1../s1. The van der Waals surface area contributed by atoms with Crippen molar-refractivity contribution < 1.29 is 67.6 Å². The second kappa shape index (κ2) is 8.29. The van der Waals surface area contributed by atoms with Crippen LogP contribution >= 0.6 is 0 Å². The number of furan rings is 1. The fourth-order valence-corrected chi connectivity index (χ4v) is 3.98. The van der Waals surface area contributed by atoms with Crippen molar-refractivity contribution in [2.75, 3.05) is 6.54 Å². The summed E-state index contributed by atoms with van der Waals surface area (Å²) < 4.78 is 36.8. The first-order valence-corrected chi connectivity index (χ1v) is 9.16. The van der Waals surface area contributed by atoms with E-state index in [9.17, 15) is 22.8 Å². The Morgan fingerprint density at radius 2 is 2.22 bits per heavy atom. The predicted molar refractivity (Wildman–Crippen MR) is 84.2 cm³/mol. The van der Waals surface area contributed by atoms with Crippen molar-refractivity contribution in [3.8, 4) is 0 Å². The van der Waals surface area contributed by atoms with Crippen LogP contribution in [0.2, 0.25) is 0 Å². The monoisotopic (exact) mass is 411 g/mol. The number of nitrogens with zero attached hydrogens (tertiary/aromatic N) is 2. The minimum atomic E-state index is -4.65. The number of rotatable bonds is 6. The number of nitrogens with one attached hydrogen (secondary N) is 1. The Balaban J connectivity index is 0.00000196. The van der Waals surface area contributed by atoms with Crippen LogP contribution in [-0.4, -0.2) is 58.5 Å². The van der Waals surface area contributed by atoms with Gasteiger partial charge in [-0.1, -0.05) is 0 Å². The first-order chi connectivity index (χ1) is 12.2. The van der Waals surface area contributed by atoms with Crippen LogP contribution in [0.4, 0.5) is 0 Å². The third-order valence-electron chi connectivity index (χ3n) is 4.40. The Kier molecular flexibility index (Phi) is 6.71. The van der Waals surface area contributed by atoms with E-state index >= 15 is 0 Å². The third-order valence-corrected chi connectivity index (χ3v) is 5.35. The quantitative estimate of drug-likeness (QED) is 0.159. The molecule has 2 fully saturated rings. The zero-order valence-electron chi connectivity index (χ0n) is 15.7. The van der Waals surface area contributed by atoms with E-state index in [1.165, 1.54) is 13.2 Å². The van der Waals surface area contributed by atoms with Gasteiger partial charge in [0.2, 0.25) is 5.91 Å². The molecule has 3 atom stereocenters. The summed E-state index contributed by atoms with van der Waals surface area (Å²) in [6, 6.07) is 1.52. The number of carbonyl (C=O) groups excluding carboxylic acids is 3. The molecule has 0 aromatic carbocycles. The Morgan fingerprint density at radius 3 is 2.81 bits per heavy atom. The van der Waals surface area contributed by atoms with Crippen molar-refractivity contribution in [3.63, 3.8) is 0 Å². The van der Waals surface area contributed by atoms with Crippen LogP contribution in [0.25, 0.3) is 0 Å². The molecule has 144 valence electrons. The van der Waals surface area contributed by atoms with E-state index in [0.29, 0.717) is 10.1 Å². The van der Waals surface area contributed by atoms with E-state index in [4.69, 9.17) is 13.8 Å². The van der Waals surface area contributed by atoms with Crippen molar-refractivity contribution >= 4 is 28.0 Å². The Bertz CT molecular complexity index is 834. The molecule has 2 aliphatic heterocycles. The van der Waals surface area contributed by atoms with E-state index in [1.54, 1.807) is 12.1 Å². The molecule has 0 bridgehead atoms. The molecule has 0 saturated carbocycles. The van der Waals surface area contributed by atoms with E-state index in [1.807, 2.05) is 0 Å². The molecule has 0 aliphatic carbocycles. The van der Waals surface area contributed by atoms with Gasteiger partial charge < -0.3 is 10.7 Å². The molecule has 13 heteroatoms. The van der Waals surface area contributed by atoms with Gasteiger partial charge in [-0.2, -0.15) is 8.42 Å². The summed E-state index contributed by atoms with van der Waals surface area (Å²) in [5, 5.41) is 0. The van der Waals surface area contributed by atoms with Gasteiger partial charge in [-0.25, -0.2) is 9.79 Å². The predicted octanol–water partition coefficient (Wildman–Crippen LogP) is -3.81. The summed E-state index contributed by atoms with van der Waals surface area (Å²) in [6.45, 7) is 1.44. The average molecular weight is 411 g/mol. The Hall–Kier alpha value is -1.44. The van der Waals surface area contributed by atoms with Crippen LogP contribution in [0.3, 0.4) is 0 Å². The summed E-state index contributed by atoms with van der Waals surface area (Å²) in [5.41, 5.74) is 2.14. The second-order valence-electron chi connectivity index (χ2n) is 6.00. The second-order valence-corrected chi connectivity index (χ2v) is 7.29. The Labute approximate surface area is 178 Å². The average Bonchev–Trinajstić information content (AvgIpc) is 3.19.